The molecule has 0 aromatic carbocycles. The van der Waals surface area contributed by atoms with E-state index in [2.05, 4.69) is 5.32 Å². The van der Waals surface area contributed by atoms with Crippen molar-refractivity contribution in [3.63, 3.8) is 0 Å². The average molecular weight is 298 g/mol. The molecule has 1 unspecified atom stereocenters. The molecule has 1 saturated carbocycles. The highest BCUT2D eigenvalue weighted by molar-refractivity contribution is 7.98. The molecule has 1 heterocycles. The van der Waals surface area contributed by atoms with Crippen LogP contribution in [0.5, 0.6) is 0 Å². The molecule has 2 amide bonds. The van der Waals surface area contributed by atoms with Crippen LogP contribution >= 0.6 is 11.8 Å². The van der Waals surface area contributed by atoms with E-state index in [1.54, 1.807) is 11.8 Å². The first kappa shape index (κ1) is 15.7. The molecule has 1 aliphatic carbocycles. The maximum absolute atomic E-state index is 13.0. The van der Waals surface area contributed by atoms with Crippen molar-refractivity contribution in [2.45, 2.75) is 63.5 Å². The third-order valence-corrected chi connectivity index (χ3v) is 5.60. The maximum Gasteiger partial charge on any atom is 0.249 e. The molecular formula is C15H26N2O2S. The average Bonchev–Trinajstić information content (AvgIpc) is 2.46. The minimum absolute atomic E-state index is 0.0302. The first-order valence-electron chi connectivity index (χ1n) is 7.64. The summed E-state index contributed by atoms with van der Waals surface area (Å²) in [6.45, 7) is 4.55. The summed E-state index contributed by atoms with van der Waals surface area (Å²) >= 11 is 1.72. The summed E-state index contributed by atoms with van der Waals surface area (Å²) in [6.07, 6.45) is 7.53. The van der Waals surface area contributed by atoms with Gasteiger partial charge in [-0.05, 0) is 32.4 Å². The molecule has 1 atom stereocenters. The van der Waals surface area contributed by atoms with E-state index >= 15 is 0 Å². The maximum atomic E-state index is 13.0. The predicted molar refractivity (Wildman–Crippen MR) is 82.7 cm³/mol. The van der Waals surface area contributed by atoms with Crippen LogP contribution in [0.1, 0.15) is 52.4 Å². The second kappa shape index (κ2) is 5.96. The second-order valence-electron chi connectivity index (χ2n) is 6.17. The number of carbonyl (C=O) groups is 2. The van der Waals surface area contributed by atoms with Crippen molar-refractivity contribution in [3.8, 4) is 0 Å². The van der Waals surface area contributed by atoms with Gasteiger partial charge in [-0.1, -0.05) is 26.2 Å². The van der Waals surface area contributed by atoms with Gasteiger partial charge in [0.1, 0.15) is 11.1 Å². The Hall–Kier alpha value is -0.710. The number of rotatable bonds is 4. The van der Waals surface area contributed by atoms with Crippen molar-refractivity contribution < 1.29 is 9.59 Å². The van der Waals surface area contributed by atoms with E-state index < -0.39 is 11.1 Å². The van der Waals surface area contributed by atoms with Crippen molar-refractivity contribution in [3.05, 3.63) is 0 Å². The van der Waals surface area contributed by atoms with Gasteiger partial charge in [0, 0.05) is 12.3 Å². The number of piperazine rings is 1. The third-order valence-electron chi connectivity index (χ3n) is 5.01. The van der Waals surface area contributed by atoms with Gasteiger partial charge < -0.3 is 10.2 Å². The van der Waals surface area contributed by atoms with Crippen molar-refractivity contribution in [2.24, 2.45) is 0 Å². The standard InChI is InChI=1S/C15H26N2O2S/c1-4-14(2)12(18)16-15(8-6-5-7-9-15)13(19)17(14)10-11-20-3/h4-11H2,1-3H3,(H,16,18). The van der Waals surface area contributed by atoms with Gasteiger partial charge in [0.05, 0.1) is 0 Å². The van der Waals surface area contributed by atoms with Crippen LogP contribution in [0.25, 0.3) is 0 Å². The van der Waals surface area contributed by atoms with Gasteiger partial charge in [-0.15, -0.1) is 0 Å². The smallest absolute Gasteiger partial charge is 0.249 e. The molecule has 0 radical (unpaired) electrons. The van der Waals surface area contributed by atoms with E-state index in [4.69, 9.17) is 0 Å². The molecule has 1 N–H and O–H groups in total. The van der Waals surface area contributed by atoms with Crippen molar-refractivity contribution in [2.75, 3.05) is 18.6 Å². The molecule has 0 aromatic heterocycles. The first-order valence-corrected chi connectivity index (χ1v) is 9.03. The summed E-state index contributed by atoms with van der Waals surface area (Å²) in [4.78, 5) is 27.5. The fourth-order valence-electron chi connectivity index (χ4n) is 3.39. The van der Waals surface area contributed by atoms with Gasteiger partial charge in [-0.2, -0.15) is 11.8 Å². The minimum atomic E-state index is -0.685. The molecule has 20 heavy (non-hydrogen) atoms. The third kappa shape index (κ3) is 2.45. The lowest BCUT2D eigenvalue weighted by atomic mass is 9.76. The van der Waals surface area contributed by atoms with Crippen LogP contribution in [-0.4, -0.2) is 46.3 Å². The van der Waals surface area contributed by atoms with Gasteiger partial charge in [0.15, 0.2) is 0 Å². The van der Waals surface area contributed by atoms with Gasteiger partial charge in [0.2, 0.25) is 11.8 Å². The van der Waals surface area contributed by atoms with Gasteiger partial charge in [0.25, 0.3) is 0 Å². The number of nitrogens with one attached hydrogen (secondary N) is 1. The van der Waals surface area contributed by atoms with Crippen molar-refractivity contribution in [1.82, 2.24) is 10.2 Å². The van der Waals surface area contributed by atoms with Crippen LogP contribution in [0.3, 0.4) is 0 Å². The van der Waals surface area contributed by atoms with Crippen molar-refractivity contribution in [1.29, 1.82) is 0 Å². The SMILES string of the molecule is CCC1(C)C(=O)NC2(CCCCC2)C(=O)N1CCSC. The Labute approximate surface area is 126 Å². The largest absolute Gasteiger partial charge is 0.340 e. The fraction of sp³-hybridized carbons (Fsp3) is 0.867. The molecule has 114 valence electrons. The number of nitrogens with zero attached hydrogens (tertiary/aromatic N) is 1. The molecular weight excluding hydrogens is 272 g/mol. The zero-order valence-electron chi connectivity index (χ0n) is 12.8. The summed E-state index contributed by atoms with van der Waals surface area (Å²) < 4.78 is 0. The molecule has 1 saturated heterocycles. The van der Waals surface area contributed by atoms with Gasteiger partial charge in [-0.25, -0.2) is 0 Å². The summed E-state index contributed by atoms with van der Waals surface area (Å²) in [7, 11) is 0. The summed E-state index contributed by atoms with van der Waals surface area (Å²) in [6, 6.07) is 0. The van der Waals surface area contributed by atoms with Crippen LogP contribution in [0.4, 0.5) is 0 Å². The van der Waals surface area contributed by atoms with E-state index in [9.17, 15) is 9.59 Å². The number of hydrogen-bond acceptors (Lipinski definition) is 3. The summed E-state index contributed by atoms with van der Waals surface area (Å²) in [5, 5.41) is 3.09. The molecule has 2 rings (SSSR count). The molecule has 0 bridgehead atoms. The van der Waals surface area contributed by atoms with E-state index in [1.807, 2.05) is 25.0 Å². The molecule has 2 aliphatic rings. The zero-order valence-corrected chi connectivity index (χ0v) is 13.6. The highest BCUT2D eigenvalue weighted by Gasteiger charge is 2.55. The normalized spacial score (nSPS) is 29.6. The number of thioether (sulfide) groups is 1. The van der Waals surface area contributed by atoms with E-state index in [0.717, 1.165) is 31.4 Å². The molecule has 0 aromatic rings. The monoisotopic (exact) mass is 298 g/mol. The Morgan fingerprint density at radius 2 is 1.90 bits per heavy atom. The lowest BCUT2D eigenvalue weighted by Crippen LogP contribution is -2.75. The van der Waals surface area contributed by atoms with Crippen molar-refractivity contribution >= 4 is 23.6 Å². The molecule has 5 heteroatoms. The highest BCUT2D eigenvalue weighted by atomic mass is 32.2. The van der Waals surface area contributed by atoms with E-state index in [1.165, 1.54) is 6.42 Å². The zero-order chi connectivity index (χ0) is 14.8. The number of carbonyl (C=O) groups excluding carboxylic acids is 2. The van der Waals surface area contributed by atoms with Crippen LogP contribution in [0.15, 0.2) is 0 Å². The lowest BCUT2D eigenvalue weighted by Gasteiger charge is -2.52. The Morgan fingerprint density at radius 1 is 1.25 bits per heavy atom. The highest BCUT2D eigenvalue weighted by Crippen LogP contribution is 2.37. The molecule has 2 fully saturated rings. The van der Waals surface area contributed by atoms with Crippen LogP contribution in [-0.2, 0) is 9.59 Å². The summed E-state index contributed by atoms with van der Waals surface area (Å²) in [5.74, 6) is 1.06. The lowest BCUT2D eigenvalue weighted by molar-refractivity contribution is -0.163. The number of amides is 2. The van der Waals surface area contributed by atoms with Crippen LogP contribution in [0, 0.1) is 0 Å². The topological polar surface area (TPSA) is 49.4 Å². The minimum Gasteiger partial charge on any atom is -0.340 e. The van der Waals surface area contributed by atoms with Crippen LogP contribution < -0.4 is 5.32 Å². The summed E-state index contributed by atoms with van der Waals surface area (Å²) in [5.41, 5.74) is -1.29. The fourth-order valence-corrected chi connectivity index (χ4v) is 3.75. The molecule has 1 aliphatic heterocycles. The Kier molecular flexibility index (Phi) is 4.67. The molecule has 1 spiro atoms. The number of hydrogen-bond donors (Lipinski definition) is 1. The Bertz CT molecular complexity index is 393. The Balaban J connectivity index is 2.30. The van der Waals surface area contributed by atoms with Gasteiger partial charge >= 0.3 is 0 Å². The molecule has 4 nitrogen and oxygen atoms in total. The Morgan fingerprint density at radius 3 is 2.45 bits per heavy atom. The second-order valence-corrected chi connectivity index (χ2v) is 7.16. The van der Waals surface area contributed by atoms with Crippen LogP contribution in [0.2, 0.25) is 0 Å². The van der Waals surface area contributed by atoms with E-state index in [-0.39, 0.29) is 11.8 Å². The first-order chi connectivity index (χ1) is 9.50. The van der Waals surface area contributed by atoms with E-state index in [0.29, 0.717) is 13.0 Å². The predicted octanol–water partition coefficient (Wildman–Crippen LogP) is 2.18. The van der Waals surface area contributed by atoms with Gasteiger partial charge in [-0.3, -0.25) is 9.59 Å². The quantitative estimate of drug-likeness (QED) is 0.865.